The number of carbonyl (C=O) groups excluding carboxylic acids is 1. The fourth-order valence-corrected chi connectivity index (χ4v) is 6.68. The molecule has 5 rings (SSSR count). The first kappa shape index (κ1) is 37.9. The van der Waals surface area contributed by atoms with E-state index >= 15 is 8.78 Å². The molecule has 0 atom stereocenters. The molecular formula is C33H34F8N7O2P. The number of alkyl halides is 6. The highest BCUT2D eigenvalue weighted by Crippen LogP contribution is 2.47. The van der Waals surface area contributed by atoms with Gasteiger partial charge in [-0.05, 0) is 61.6 Å². The van der Waals surface area contributed by atoms with Crippen molar-refractivity contribution in [2.45, 2.75) is 71.5 Å². The number of aromatic nitrogens is 2. The van der Waals surface area contributed by atoms with Crippen LogP contribution < -0.4 is 21.4 Å². The minimum absolute atomic E-state index is 0.0744. The number of hydrogen-bond acceptors (Lipinski definition) is 4. The molecule has 1 aliphatic heterocycles. The van der Waals surface area contributed by atoms with Gasteiger partial charge in [0, 0.05) is 30.3 Å². The lowest BCUT2D eigenvalue weighted by molar-refractivity contribution is -0.143. The van der Waals surface area contributed by atoms with Crippen LogP contribution in [0.5, 0.6) is 0 Å². The minimum Gasteiger partial charge on any atom is -0.305 e. The maximum atomic E-state index is 16.2. The highest BCUT2D eigenvalue weighted by atomic mass is 31.2. The lowest BCUT2D eigenvalue weighted by Gasteiger charge is -2.33. The SMILES string of the molecule is CCc1cccc(CC)c1-n1nc2c(c1-c1cc(F)c(NC(=O)NP(N)(N)=O)cc1F)CN(Cc1ccc(C(F)(F)F)cc1C(F)(F)F)C2(C)C. The smallest absolute Gasteiger partial charge is 0.305 e. The van der Waals surface area contributed by atoms with Gasteiger partial charge < -0.3 is 5.32 Å². The van der Waals surface area contributed by atoms with Crippen LogP contribution in [0.1, 0.15) is 66.8 Å². The quantitative estimate of drug-likeness (QED) is 0.106. The second-order valence-electron chi connectivity index (χ2n) is 12.6. The molecule has 0 saturated carbocycles. The summed E-state index contributed by atoms with van der Waals surface area (Å²) in [5.41, 5.74) is 7.84. The molecule has 1 aliphatic rings. The summed E-state index contributed by atoms with van der Waals surface area (Å²) in [5, 5.41) is 8.61. The van der Waals surface area contributed by atoms with Crippen molar-refractivity contribution in [3.8, 4) is 16.9 Å². The maximum absolute atomic E-state index is 16.2. The molecule has 0 unspecified atom stereocenters. The lowest BCUT2D eigenvalue weighted by atomic mass is 9.97. The Kier molecular flexibility index (Phi) is 9.93. The fourth-order valence-electron chi connectivity index (χ4n) is 6.30. The van der Waals surface area contributed by atoms with Gasteiger partial charge in [0.1, 0.15) is 11.6 Å². The third kappa shape index (κ3) is 7.52. The van der Waals surface area contributed by atoms with E-state index in [0.29, 0.717) is 41.9 Å². The van der Waals surface area contributed by atoms with Crippen LogP contribution >= 0.6 is 7.59 Å². The Morgan fingerprint density at radius 1 is 0.922 bits per heavy atom. The van der Waals surface area contributed by atoms with E-state index in [1.807, 2.05) is 37.4 Å². The van der Waals surface area contributed by atoms with E-state index in [4.69, 9.17) is 16.1 Å². The Morgan fingerprint density at radius 3 is 2.10 bits per heavy atom. The number of fused-ring (bicyclic) bond motifs is 1. The molecule has 274 valence electrons. The summed E-state index contributed by atoms with van der Waals surface area (Å²) in [6.45, 7) is 6.53. The van der Waals surface area contributed by atoms with Crippen molar-refractivity contribution in [2.24, 2.45) is 11.0 Å². The third-order valence-electron chi connectivity index (χ3n) is 8.82. The van der Waals surface area contributed by atoms with E-state index < -0.39 is 72.1 Å². The van der Waals surface area contributed by atoms with E-state index in [9.17, 15) is 35.7 Å². The van der Waals surface area contributed by atoms with Crippen LogP contribution in [0.3, 0.4) is 0 Å². The second-order valence-corrected chi connectivity index (χ2v) is 14.2. The monoisotopic (exact) mass is 743 g/mol. The Balaban J connectivity index is 1.68. The molecule has 0 bridgehead atoms. The van der Waals surface area contributed by atoms with Crippen molar-refractivity contribution in [3.05, 3.63) is 99.2 Å². The van der Waals surface area contributed by atoms with E-state index in [2.05, 4.69) is 0 Å². The highest BCUT2D eigenvalue weighted by molar-refractivity contribution is 7.57. The molecule has 2 heterocycles. The maximum Gasteiger partial charge on any atom is 0.416 e. The standard InChI is InChI=1S/C33H34F8N7O2P/c1-5-17-8-7-9-18(6-2)27(17)48-28(21-13-25(35)26(14-24(21)34)44-30(49)46-51(42,43)50)22-16-47(31(3,4)29(22)45-48)15-19-10-11-20(32(36,37)38)12-23(19)33(39,40)41/h7-14H,5-6,15-16H2,1-4H3,(H6,42,43,44,46,49,50). The predicted octanol–water partition coefficient (Wildman–Crippen LogP) is 8.38. The van der Waals surface area contributed by atoms with Crippen LogP contribution in [0.2, 0.25) is 0 Å². The van der Waals surface area contributed by atoms with E-state index in [0.717, 1.165) is 23.3 Å². The summed E-state index contributed by atoms with van der Waals surface area (Å²) >= 11 is 0. The topological polar surface area (TPSA) is 131 Å². The molecule has 0 spiro atoms. The number of nitrogens with zero attached hydrogens (tertiary/aromatic N) is 3. The van der Waals surface area contributed by atoms with Gasteiger partial charge in [-0.2, -0.15) is 31.4 Å². The van der Waals surface area contributed by atoms with Gasteiger partial charge in [0.25, 0.3) is 0 Å². The van der Waals surface area contributed by atoms with Crippen molar-refractivity contribution >= 4 is 19.3 Å². The van der Waals surface area contributed by atoms with Crippen molar-refractivity contribution in [1.29, 1.82) is 0 Å². The molecule has 18 heteroatoms. The van der Waals surface area contributed by atoms with Crippen LogP contribution in [0.15, 0.2) is 48.5 Å². The Morgan fingerprint density at radius 2 is 1.55 bits per heavy atom. The molecule has 0 radical (unpaired) electrons. The number of halogens is 8. The number of nitrogens with two attached hydrogens (primary N) is 2. The first-order chi connectivity index (χ1) is 23.6. The van der Waals surface area contributed by atoms with Crippen molar-refractivity contribution in [2.75, 3.05) is 5.32 Å². The van der Waals surface area contributed by atoms with Crippen LogP contribution in [-0.2, 0) is 48.4 Å². The first-order valence-corrected chi connectivity index (χ1v) is 17.4. The normalized spacial score (nSPS) is 14.9. The minimum atomic E-state index is -5.10. The number of carbonyl (C=O) groups is 1. The van der Waals surface area contributed by atoms with Gasteiger partial charge in [0.15, 0.2) is 0 Å². The predicted molar refractivity (Wildman–Crippen MR) is 175 cm³/mol. The number of aryl methyl sites for hydroxylation is 2. The molecule has 0 aliphatic carbocycles. The molecule has 3 aromatic carbocycles. The number of para-hydroxylation sites is 1. The second kappa shape index (κ2) is 13.3. The van der Waals surface area contributed by atoms with Crippen molar-refractivity contribution in [3.63, 3.8) is 0 Å². The van der Waals surface area contributed by atoms with Gasteiger partial charge >= 0.3 is 26.0 Å². The first-order valence-electron chi connectivity index (χ1n) is 15.6. The van der Waals surface area contributed by atoms with Crippen LogP contribution in [0.4, 0.5) is 45.6 Å². The van der Waals surface area contributed by atoms with Crippen molar-refractivity contribution < 1.29 is 44.5 Å². The van der Waals surface area contributed by atoms with Gasteiger partial charge in [0.2, 0.25) is 0 Å². The van der Waals surface area contributed by atoms with Crippen molar-refractivity contribution in [1.82, 2.24) is 19.8 Å². The molecule has 6 N–H and O–H groups in total. The Hall–Kier alpha value is -4.31. The van der Waals surface area contributed by atoms with Gasteiger partial charge in [-0.3, -0.25) is 25.6 Å². The summed E-state index contributed by atoms with van der Waals surface area (Å²) in [6.07, 6.45) is -9.05. The zero-order valence-electron chi connectivity index (χ0n) is 27.7. The number of nitrogens with one attached hydrogen (secondary N) is 2. The summed E-state index contributed by atoms with van der Waals surface area (Å²) in [6, 6.07) is 7.23. The van der Waals surface area contributed by atoms with Gasteiger partial charge in [-0.1, -0.05) is 38.1 Å². The number of urea groups is 1. The third-order valence-corrected chi connectivity index (χ3v) is 9.37. The average Bonchev–Trinajstić information content (AvgIpc) is 3.49. The van der Waals surface area contributed by atoms with E-state index in [-0.39, 0.29) is 23.9 Å². The Labute approximate surface area is 287 Å². The molecule has 4 aromatic rings. The summed E-state index contributed by atoms with van der Waals surface area (Å²) in [7, 11) is -4.07. The van der Waals surface area contributed by atoms with E-state index in [1.165, 1.54) is 4.68 Å². The van der Waals surface area contributed by atoms with Crippen LogP contribution in [0.25, 0.3) is 16.9 Å². The van der Waals surface area contributed by atoms with E-state index in [1.54, 1.807) is 23.8 Å². The molecule has 1 aromatic heterocycles. The van der Waals surface area contributed by atoms with Gasteiger partial charge in [-0.15, -0.1) is 0 Å². The highest BCUT2D eigenvalue weighted by Gasteiger charge is 2.45. The van der Waals surface area contributed by atoms with Gasteiger partial charge in [0.05, 0.1) is 39.4 Å². The largest absolute Gasteiger partial charge is 0.416 e. The molecular weight excluding hydrogens is 709 g/mol. The molecule has 0 fully saturated rings. The summed E-state index contributed by atoms with van der Waals surface area (Å²) < 4.78 is 127. The zero-order chi connectivity index (χ0) is 37.8. The molecule has 9 nitrogen and oxygen atoms in total. The zero-order valence-corrected chi connectivity index (χ0v) is 28.6. The number of anilines is 1. The number of amides is 2. The average molecular weight is 744 g/mol. The molecule has 51 heavy (non-hydrogen) atoms. The summed E-state index contributed by atoms with van der Waals surface area (Å²) in [4.78, 5) is 13.7. The van der Waals surface area contributed by atoms with Crippen LogP contribution in [0, 0.1) is 11.6 Å². The van der Waals surface area contributed by atoms with Crippen LogP contribution in [-0.4, -0.2) is 20.7 Å². The number of hydrogen-bond donors (Lipinski definition) is 4. The fraction of sp³-hybridized carbons (Fsp3) is 0.333. The summed E-state index contributed by atoms with van der Waals surface area (Å²) in [5.74, 6) is -2.13. The number of benzene rings is 3. The molecule has 2 amide bonds. The number of rotatable bonds is 8. The lowest BCUT2D eigenvalue weighted by Crippen LogP contribution is -2.36. The molecule has 0 saturated heterocycles. The Bertz CT molecular complexity index is 2030. The van der Waals surface area contributed by atoms with Gasteiger partial charge in [-0.25, -0.2) is 18.3 Å².